The molecule has 1 radical (unpaired) electrons. The molecule has 0 aliphatic rings. The van der Waals surface area contributed by atoms with Gasteiger partial charge in [0.05, 0.1) is 0 Å². The van der Waals surface area contributed by atoms with Crippen molar-refractivity contribution in [3.8, 4) is 0 Å². The van der Waals surface area contributed by atoms with E-state index in [4.69, 9.17) is 0 Å². The van der Waals surface area contributed by atoms with Crippen molar-refractivity contribution >= 4 is 0 Å². The summed E-state index contributed by atoms with van der Waals surface area (Å²) in [7, 11) is 6.00. The molecule has 0 aromatic heterocycles. The third kappa shape index (κ3) is 6.54. The third-order valence-corrected chi connectivity index (χ3v) is 1.93. The maximum atomic E-state index is 2.17. The van der Waals surface area contributed by atoms with Crippen molar-refractivity contribution in [2.75, 3.05) is 21.1 Å². The minimum Gasteiger partial charge on any atom is -0.312 e. The Bertz CT molecular complexity index is 352. The molecule has 0 spiro atoms. The average molecular weight is 226 g/mol. The SMILES string of the molecule is CN(C)C.[CH](c1ccccc1)c1ccccc1. The van der Waals surface area contributed by atoms with Crippen molar-refractivity contribution in [2.24, 2.45) is 0 Å². The van der Waals surface area contributed by atoms with E-state index in [1.54, 1.807) is 0 Å². The lowest BCUT2D eigenvalue weighted by atomic mass is 10.1. The molecule has 89 valence electrons. The highest BCUT2D eigenvalue weighted by molar-refractivity contribution is 5.36. The van der Waals surface area contributed by atoms with Gasteiger partial charge in [-0.1, -0.05) is 60.7 Å². The zero-order chi connectivity index (χ0) is 12.5. The van der Waals surface area contributed by atoms with E-state index < -0.39 is 0 Å². The molecule has 2 aromatic carbocycles. The predicted octanol–water partition coefficient (Wildman–Crippen LogP) is 3.47. The molecule has 0 aliphatic heterocycles. The third-order valence-electron chi connectivity index (χ3n) is 1.93. The van der Waals surface area contributed by atoms with Crippen LogP contribution in [-0.2, 0) is 0 Å². The lowest BCUT2D eigenvalue weighted by Crippen LogP contribution is -1.99. The Balaban J connectivity index is 0.000000317. The van der Waals surface area contributed by atoms with Crippen molar-refractivity contribution < 1.29 is 0 Å². The molecule has 0 amide bonds. The van der Waals surface area contributed by atoms with Crippen LogP contribution in [0, 0.1) is 6.42 Å². The fourth-order valence-corrected chi connectivity index (χ4v) is 1.29. The zero-order valence-electron chi connectivity index (χ0n) is 10.8. The van der Waals surface area contributed by atoms with Crippen LogP contribution >= 0.6 is 0 Å². The van der Waals surface area contributed by atoms with Gasteiger partial charge in [-0.3, -0.25) is 0 Å². The highest BCUT2D eigenvalue weighted by atomic mass is 15.0. The van der Waals surface area contributed by atoms with Crippen LogP contribution in [0.15, 0.2) is 60.7 Å². The molecule has 0 atom stereocenters. The first-order valence-corrected chi connectivity index (χ1v) is 5.74. The lowest BCUT2D eigenvalue weighted by molar-refractivity contribution is 0.505. The van der Waals surface area contributed by atoms with E-state index in [1.165, 1.54) is 11.1 Å². The molecule has 2 aromatic rings. The monoisotopic (exact) mass is 226 g/mol. The zero-order valence-corrected chi connectivity index (χ0v) is 10.8. The van der Waals surface area contributed by atoms with Gasteiger partial charge in [-0.05, 0) is 32.3 Å². The van der Waals surface area contributed by atoms with Crippen molar-refractivity contribution in [3.05, 3.63) is 78.2 Å². The van der Waals surface area contributed by atoms with Crippen molar-refractivity contribution in [2.45, 2.75) is 0 Å². The van der Waals surface area contributed by atoms with E-state index in [0.29, 0.717) is 0 Å². The Labute approximate surface area is 105 Å². The van der Waals surface area contributed by atoms with E-state index >= 15 is 0 Å². The molecule has 0 N–H and O–H groups in total. The van der Waals surface area contributed by atoms with E-state index in [2.05, 4.69) is 55.0 Å². The van der Waals surface area contributed by atoms with Gasteiger partial charge in [0.25, 0.3) is 0 Å². The normalized spacial score (nSPS) is 9.65. The molecule has 0 saturated carbocycles. The van der Waals surface area contributed by atoms with Gasteiger partial charge in [0.2, 0.25) is 0 Å². The highest BCUT2D eigenvalue weighted by Gasteiger charge is 1.93. The summed E-state index contributed by atoms with van der Waals surface area (Å²) in [5, 5.41) is 0. The Kier molecular flexibility index (Phi) is 6.05. The molecular formula is C16H20N. The van der Waals surface area contributed by atoms with Crippen LogP contribution in [0.2, 0.25) is 0 Å². The van der Waals surface area contributed by atoms with Crippen molar-refractivity contribution in [3.63, 3.8) is 0 Å². The van der Waals surface area contributed by atoms with Gasteiger partial charge < -0.3 is 4.90 Å². The second kappa shape index (κ2) is 7.64. The molecule has 0 bridgehead atoms. The molecule has 0 fully saturated rings. The topological polar surface area (TPSA) is 3.24 Å². The fraction of sp³-hybridized carbons (Fsp3) is 0.188. The molecule has 1 nitrogen and oxygen atoms in total. The summed E-state index contributed by atoms with van der Waals surface area (Å²) >= 11 is 0. The van der Waals surface area contributed by atoms with Crippen LogP contribution in [0.3, 0.4) is 0 Å². The molecule has 2 rings (SSSR count). The summed E-state index contributed by atoms with van der Waals surface area (Å²) in [6.07, 6.45) is 2.17. The Morgan fingerprint density at radius 1 is 0.647 bits per heavy atom. The summed E-state index contributed by atoms with van der Waals surface area (Å²) in [6.45, 7) is 0. The van der Waals surface area contributed by atoms with E-state index in [0.717, 1.165) is 0 Å². The minimum absolute atomic E-state index is 1.24. The standard InChI is InChI=1S/C13H11.C3H9N/c1-3-7-12(8-4-1)11-13-9-5-2-6-10-13;1-4(2)3/h1-11H;1-3H3. The molecule has 1 heteroatoms. The number of hydrogen-bond donors (Lipinski definition) is 0. The molecule has 0 saturated heterocycles. The second-order valence-corrected chi connectivity index (χ2v) is 4.31. The van der Waals surface area contributed by atoms with Crippen LogP contribution in [0.5, 0.6) is 0 Å². The van der Waals surface area contributed by atoms with Gasteiger partial charge in [0.15, 0.2) is 0 Å². The van der Waals surface area contributed by atoms with Crippen molar-refractivity contribution in [1.29, 1.82) is 0 Å². The average Bonchev–Trinajstić information content (AvgIpc) is 2.31. The summed E-state index contributed by atoms with van der Waals surface area (Å²) in [5.74, 6) is 0. The highest BCUT2D eigenvalue weighted by Crippen LogP contribution is 2.10. The maximum Gasteiger partial charge on any atom is 0.0199 e. The molecule has 0 aliphatic carbocycles. The first-order valence-electron chi connectivity index (χ1n) is 5.74. The molecule has 0 heterocycles. The van der Waals surface area contributed by atoms with Gasteiger partial charge in [0, 0.05) is 6.42 Å². The maximum absolute atomic E-state index is 2.17. The predicted molar refractivity (Wildman–Crippen MR) is 75.0 cm³/mol. The number of hydrogen-bond acceptors (Lipinski definition) is 1. The molecule has 17 heavy (non-hydrogen) atoms. The van der Waals surface area contributed by atoms with E-state index in [-0.39, 0.29) is 0 Å². The number of nitrogens with zero attached hydrogens (tertiary/aromatic N) is 1. The van der Waals surface area contributed by atoms with Gasteiger partial charge in [-0.2, -0.15) is 0 Å². The molecule has 0 unspecified atom stereocenters. The minimum atomic E-state index is 1.24. The van der Waals surface area contributed by atoms with Crippen LogP contribution < -0.4 is 0 Å². The lowest BCUT2D eigenvalue weighted by Gasteiger charge is -1.99. The Morgan fingerprint density at radius 3 is 1.24 bits per heavy atom. The number of benzene rings is 2. The van der Waals surface area contributed by atoms with E-state index in [9.17, 15) is 0 Å². The van der Waals surface area contributed by atoms with Crippen LogP contribution in [0.4, 0.5) is 0 Å². The first-order chi connectivity index (χ1) is 8.18. The second-order valence-electron chi connectivity index (χ2n) is 4.31. The summed E-state index contributed by atoms with van der Waals surface area (Å²) in [5.41, 5.74) is 2.49. The first kappa shape index (κ1) is 13.5. The van der Waals surface area contributed by atoms with Gasteiger partial charge in [-0.15, -0.1) is 0 Å². The quantitative estimate of drug-likeness (QED) is 0.758. The van der Waals surface area contributed by atoms with Gasteiger partial charge in [0.1, 0.15) is 0 Å². The summed E-state index contributed by atoms with van der Waals surface area (Å²) in [6, 6.07) is 20.7. The summed E-state index contributed by atoms with van der Waals surface area (Å²) < 4.78 is 0. The van der Waals surface area contributed by atoms with Crippen molar-refractivity contribution in [1.82, 2.24) is 4.90 Å². The smallest absolute Gasteiger partial charge is 0.0199 e. The van der Waals surface area contributed by atoms with Crippen LogP contribution in [0.25, 0.3) is 0 Å². The Morgan fingerprint density at radius 2 is 0.941 bits per heavy atom. The van der Waals surface area contributed by atoms with Crippen LogP contribution in [-0.4, -0.2) is 26.0 Å². The summed E-state index contributed by atoms with van der Waals surface area (Å²) in [4.78, 5) is 2.00. The van der Waals surface area contributed by atoms with Gasteiger partial charge in [-0.25, -0.2) is 0 Å². The molecular weight excluding hydrogens is 206 g/mol. The van der Waals surface area contributed by atoms with Crippen LogP contribution in [0.1, 0.15) is 11.1 Å². The fourth-order valence-electron chi connectivity index (χ4n) is 1.29. The largest absolute Gasteiger partial charge is 0.312 e. The Hall–Kier alpha value is -1.60. The number of rotatable bonds is 2. The van der Waals surface area contributed by atoms with E-state index in [1.807, 2.05) is 38.2 Å². The van der Waals surface area contributed by atoms with Gasteiger partial charge >= 0.3 is 0 Å².